The normalized spacial score (nSPS) is 20.4. The Labute approximate surface area is 207 Å². The molecule has 17 heteroatoms. The van der Waals surface area contributed by atoms with Gasteiger partial charge < -0.3 is 15.3 Å². The van der Waals surface area contributed by atoms with Crippen molar-refractivity contribution in [2.75, 3.05) is 18.6 Å². The Bertz CT molecular complexity index is 1180. The minimum atomic E-state index is -1.21. The Morgan fingerprint density at radius 3 is 2.88 bits per heavy atom. The zero-order valence-corrected chi connectivity index (χ0v) is 21.0. The molecule has 0 aromatic carbocycles. The second-order valence-corrected chi connectivity index (χ2v) is 10.8. The molecule has 2 N–H and O–H groups in total. The number of nitrogens with zero attached hydrogens (tertiary/aromatic N) is 7. The highest BCUT2D eigenvalue weighted by Gasteiger charge is 2.54. The van der Waals surface area contributed by atoms with Gasteiger partial charge in [-0.1, -0.05) is 16.9 Å². The van der Waals surface area contributed by atoms with Crippen LogP contribution < -0.4 is 5.32 Å². The molecule has 1 saturated heterocycles. The number of carboxylic acids is 1. The number of carboxylic acid groups (broad SMARTS) is 1. The lowest BCUT2D eigenvalue weighted by molar-refractivity contribution is -0.150. The smallest absolute Gasteiger partial charge is 0.352 e. The van der Waals surface area contributed by atoms with Crippen molar-refractivity contribution in [3.63, 3.8) is 0 Å². The number of carbonyl (C=O) groups is 3. The quantitative estimate of drug-likeness (QED) is 0.193. The molecular weight excluding hydrogens is 560 g/mol. The van der Waals surface area contributed by atoms with Crippen molar-refractivity contribution in [3.8, 4) is 0 Å². The number of hydrogen-bond donors (Lipinski definition) is 2. The molecule has 1 fully saturated rings. The van der Waals surface area contributed by atoms with Crippen molar-refractivity contribution >= 4 is 74.3 Å². The number of carbonyl (C=O) groups excluding carboxylic acids is 2. The molecule has 2 aliphatic rings. The number of hydrogen-bond acceptors (Lipinski definition) is 12. The number of tetrazole rings is 1. The molecule has 4 heterocycles. The van der Waals surface area contributed by atoms with E-state index in [1.807, 2.05) is 0 Å². The summed E-state index contributed by atoms with van der Waals surface area (Å²) in [5.41, 5.74) is 0.694. The highest BCUT2D eigenvalue weighted by Crippen LogP contribution is 2.41. The van der Waals surface area contributed by atoms with Crippen molar-refractivity contribution in [2.45, 2.75) is 16.6 Å². The van der Waals surface area contributed by atoms with Crippen LogP contribution >= 0.6 is 50.8 Å². The summed E-state index contributed by atoms with van der Waals surface area (Å²) in [4.78, 5) is 47.8. The van der Waals surface area contributed by atoms with Gasteiger partial charge in [-0.3, -0.25) is 14.5 Å². The lowest BCUT2D eigenvalue weighted by atomic mass is 10.0. The van der Waals surface area contributed by atoms with Crippen LogP contribution in [0.3, 0.4) is 0 Å². The molecule has 2 atom stereocenters. The molecule has 0 saturated carbocycles. The summed E-state index contributed by atoms with van der Waals surface area (Å²) >= 11 is 7.14. The largest absolute Gasteiger partial charge is 0.477 e. The molecule has 2 aliphatic heterocycles. The number of β-lactam (4-membered cyclic amide) rings is 1. The van der Waals surface area contributed by atoms with E-state index in [2.05, 4.69) is 46.9 Å². The summed E-state index contributed by atoms with van der Waals surface area (Å²) in [5.74, 6) is -1.69. The molecule has 0 aliphatic carbocycles. The van der Waals surface area contributed by atoms with E-state index in [0.29, 0.717) is 26.2 Å². The summed E-state index contributed by atoms with van der Waals surface area (Å²) in [7, 11) is 2.97. The van der Waals surface area contributed by atoms with Gasteiger partial charge in [0.05, 0.1) is 0 Å². The first-order valence-electron chi connectivity index (χ1n) is 9.10. The molecule has 2 aromatic heterocycles. The van der Waals surface area contributed by atoms with E-state index >= 15 is 0 Å². The molecule has 2 aromatic rings. The van der Waals surface area contributed by atoms with Crippen molar-refractivity contribution < 1.29 is 24.3 Å². The molecule has 4 rings (SSSR count). The standard InChI is InChI=1S/C16H15BrN8O5S3/c1-24-16(20-22-23-24)33-4-6-3-31-13-9(12(27)25(13)10(6)14(28)29)19-11(26)8(21-30-2)7-5-32-15(17)18-7/h5,9,13H,3-4H2,1-2H3,(H,19,26)(H,28,29)/t9?,13-/m0/s1. The number of amides is 2. The maximum absolute atomic E-state index is 12.9. The molecule has 2 amide bonds. The molecule has 174 valence electrons. The Balaban J connectivity index is 1.49. The van der Waals surface area contributed by atoms with Gasteiger partial charge in [-0.15, -0.1) is 28.2 Å². The number of thioether (sulfide) groups is 2. The molecule has 0 spiro atoms. The van der Waals surface area contributed by atoms with Crippen LogP contribution in [-0.4, -0.2) is 88.7 Å². The van der Waals surface area contributed by atoms with E-state index < -0.39 is 29.2 Å². The van der Waals surface area contributed by atoms with Gasteiger partial charge in [0.15, 0.2) is 9.63 Å². The minimum absolute atomic E-state index is 0.0777. The zero-order valence-electron chi connectivity index (χ0n) is 17.0. The third-order valence-electron chi connectivity index (χ3n) is 4.61. The third-order valence-corrected chi connectivity index (χ3v) is 8.41. The van der Waals surface area contributed by atoms with Gasteiger partial charge in [0, 0.05) is 23.9 Å². The van der Waals surface area contributed by atoms with Gasteiger partial charge in [0.25, 0.3) is 11.8 Å². The molecule has 33 heavy (non-hydrogen) atoms. The van der Waals surface area contributed by atoms with Crippen LogP contribution in [0.5, 0.6) is 0 Å². The maximum atomic E-state index is 12.9. The van der Waals surface area contributed by atoms with Crippen molar-refractivity contribution in [1.82, 2.24) is 35.4 Å². The van der Waals surface area contributed by atoms with Gasteiger partial charge in [0.1, 0.15) is 29.9 Å². The van der Waals surface area contributed by atoms with Crippen LogP contribution in [0.25, 0.3) is 0 Å². The van der Waals surface area contributed by atoms with E-state index in [9.17, 15) is 19.5 Å². The number of halogens is 1. The topological polar surface area (TPSA) is 165 Å². The minimum Gasteiger partial charge on any atom is -0.477 e. The van der Waals surface area contributed by atoms with Crippen LogP contribution in [0.4, 0.5) is 0 Å². The Morgan fingerprint density at radius 2 is 2.27 bits per heavy atom. The summed E-state index contributed by atoms with van der Waals surface area (Å²) in [5, 5.41) is 28.9. The van der Waals surface area contributed by atoms with E-state index in [4.69, 9.17) is 4.84 Å². The fraction of sp³-hybridized carbons (Fsp3) is 0.375. The van der Waals surface area contributed by atoms with Crippen LogP contribution in [-0.2, 0) is 26.3 Å². The first-order chi connectivity index (χ1) is 15.8. The molecule has 0 radical (unpaired) electrons. The number of thiazole rings is 1. The van der Waals surface area contributed by atoms with Crippen molar-refractivity contribution in [3.05, 3.63) is 26.3 Å². The number of rotatable bonds is 8. The lowest BCUT2D eigenvalue weighted by Gasteiger charge is -2.49. The zero-order chi connectivity index (χ0) is 23.7. The summed E-state index contributed by atoms with van der Waals surface area (Å²) in [6.07, 6.45) is 0. The van der Waals surface area contributed by atoms with E-state index in [1.165, 1.54) is 51.6 Å². The number of fused-ring (bicyclic) bond motifs is 1. The number of aryl methyl sites for hydroxylation is 1. The highest BCUT2D eigenvalue weighted by atomic mass is 79.9. The molecule has 0 bridgehead atoms. The second kappa shape index (κ2) is 9.78. The molecular formula is C16H15BrN8O5S3. The van der Waals surface area contributed by atoms with E-state index in [1.54, 1.807) is 12.4 Å². The van der Waals surface area contributed by atoms with E-state index in [0.717, 1.165) is 0 Å². The summed E-state index contributed by atoms with van der Waals surface area (Å²) in [6.45, 7) is 0. The monoisotopic (exact) mass is 574 g/mol. The second-order valence-electron chi connectivity index (χ2n) is 6.60. The maximum Gasteiger partial charge on any atom is 0.352 e. The number of oxime groups is 1. The molecule has 13 nitrogen and oxygen atoms in total. The van der Waals surface area contributed by atoms with Gasteiger partial charge in [-0.25, -0.2) is 14.5 Å². The van der Waals surface area contributed by atoms with Gasteiger partial charge in [0.2, 0.25) is 5.16 Å². The van der Waals surface area contributed by atoms with Crippen LogP contribution in [0.1, 0.15) is 5.69 Å². The van der Waals surface area contributed by atoms with Crippen molar-refractivity contribution in [2.24, 2.45) is 12.2 Å². The van der Waals surface area contributed by atoms with Gasteiger partial charge >= 0.3 is 5.97 Å². The first kappa shape index (κ1) is 23.7. The van der Waals surface area contributed by atoms with Crippen LogP contribution in [0.2, 0.25) is 0 Å². The lowest BCUT2D eigenvalue weighted by Crippen LogP contribution is -2.71. The van der Waals surface area contributed by atoms with Crippen LogP contribution in [0.15, 0.2) is 30.9 Å². The fourth-order valence-corrected chi connectivity index (χ4v) is 6.49. The SMILES string of the molecule is CON=C(C(=O)NC1C(=O)N2C(C(=O)O)=C(CSc3nnnn3C)CS[C@@H]12)c1csc(Br)n1. The highest BCUT2D eigenvalue weighted by molar-refractivity contribution is 9.11. The molecule has 1 unspecified atom stereocenters. The van der Waals surface area contributed by atoms with E-state index in [-0.39, 0.29) is 17.1 Å². The summed E-state index contributed by atoms with van der Waals surface area (Å²) < 4.78 is 2.03. The Hall–Kier alpha value is -2.50. The van der Waals surface area contributed by atoms with Gasteiger partial charge in [-0.05, 0) is 31.9 Å². The number of aliphatic carboxylic acids is 1. The fourth-order valence-electron chi connectivity index (χ4n) is 3.16. The number of aromatic nitrogens is 5. The predicted molar refractivity (Wildman–Crippen MR) is 123 cm³/mol. The average Bonchev–Trinajstić information content (AvgIpc) is 3.40. The van der Waals surface area contributed by atoms with Gasteiger partial charge in [-0.2, -0.15) is 0 Å². The summed E-state index contributed by atoms with van der Waals surface area (Å²) in [6, 6.07) is -0.905. The average molecular weight is 575 g/mol. The Morgan fingerprint density at radius 1 is 1.48 bits per heavy atom. The third kappa shape index (κ3) is 4.62. The Kier molecular flexibility index (Phi) is 7.01. The first-order valence-corrected chi connectivity index (χ1v) is 12.8. The van der Waals surface area contributed by atoms with Crippen molar-refractivity contribution in [1.29, 1.82) is 0 Å². The predicted octanol–water partition coefficient (Wildman–Crippen LogP) is 0.310. The number of nitrogens with one attached hydrogen (secondary N) is 1. The van der Waals surface area contributed by atoms with Crippen LogP contribution in [0, 0.1) is 0 Å².